The molecule has 3 aromatic rings. The van der Waals surface area contributed by atoms with Crippen LogP contribution in [0, 0.1) is 5.92 Å². The van der Waals surface area contributed by atoms with Crippen molar-refractivity contribution in [2.45, 2.75) is 33.2 Å². The maximum absolute atomic E-state index is 13.1. The van der Waals surface area contributed by atoms with Crippen molar-refractivity contribution in [1.82, 2.24) is 9.55 Å². The van der Waals surface area contributed by atoms with Gasteiger partial charge < -0.3 is 0 Å². The number of nitrogens with zero attached hydrogens (tertiary/aromatic N) is 2. The van der Waals surface area contributed by atoms with E-state index in [0.717, 1.165) is 11.4 Å². The van der Waals surface area contributed by atoms with Crippen molar-refractivity contribution < 1.29 is 0 Å². The van der Waals surface area contributed by atoms with Gasteiger partial charge in [-0.05, 0) is 29.7 Å². The molecule has 0 amide bonds. The van der Waals surface area contributed by atoms with Crippen LogP contribution in [-0.4, -0.2) is 9.55 Å². The van der Waals surface area contributed by atoms with Gasteiger partial charge in [0.05, 0.1) is 17.4 Å². The summed E-state index contributed by atoms with van der Waals surface area (Å²) in [5.41, 5.74) is 1.74. The van der Waals surface area contributed by atoms with E-state index in [9.17, 15) is 4.79 Å². The van der Waals surface area contributed by atoms with E-state index in [-0.39, 0.29) is 11.5 Å². The zero-order valence-electron chi connectivity index (χ0n) is 14.2. The van der Waals surface area contributed by atoms with E-state index in [2.05, 4.69) is 20.8 Å². The Kier molecular flexibility index (Phi) is 4.72. The molecule has 0 aliphatic carbocycles. The van der Waals surface area contributed by atoms with Crippen LogP contribution < -0.4 is 5.56 Å². The highest BCUT2D eigenvalue weighted by Crippen LogP contribution is 2.24. The second-order valence-electron chi connectivity index (χ2n) is 6.54. The second-order valence-corrected chi connectivity index (χ2v) is 6.98. The summed E-state index contributed by atoms with van der Waals surface area (Å²) in [6.07, 6.45) is 0. The lowest BCUT2D eigenvalue weighted by Crippen LogP contribution is -2.28. The molecule has 1 aromatic heterocycles. The first-order chi connectivity index (χ1) is 11.5. The third-order valence-corrected chi connectivity index (χ3v) is 4.77. The molecule has 0 saturated heterocycles. The molecule has 2 aromatic carbocycles. The van der Waals surface area contributed by atoms with Crippen LogP contribution in [0.5, 0.6) is 0 Å². The maximum atomic E-state index is 13.1. The molecule has 1 atom stereocenters. The number of hydrogen-bond donors (Lipinski definition) is 0. The van der Waals surface area contributed by atoms with Crippen LogP contribution in [0.4, 0.5) is 0 Å². The highest BCUT2D eigenvalue weighted by atomic mass is 35.5. The predicted octanol–water partition coefficient (Wildman–Crippen LogP) is 4.86. The summed E-state index contributed by atoms with van der Waals surface area (Å²) in [5, 5.41) is 1.20. The first-order valence-corrected chi connectivity index (χ1v) is 8.59. The molecular weight excluding hydrogens is 320 g/mol. The van der Waals surface area contributed by atoms with Crippen molar-refractivity contribution in [1.29, 1.82) is 0 Å². The molecule has 4 heteroatoms. The zero-order chi connectivity index (χ0) is 17.3. The quantitative estimate of drug-likeness (QED) is 0.680. The van der Waals surface area contributed by atoms with Crippen LogP contribution in [0.15, 0.2) is 53.3 Å². The van der Waals surface area contributed by atoms with E-state index in [4.69, 9.17) is 16.6 Å². The van der Waals surface area contributed by atoms with Crippen molar-refractivity contribution in [2.75, 3.05) is 0 Å². The van der Waals surface area contributed by atoms with Gasteiger partial charge in [-0.15, -0.1) is 0 Å². The summed E-state index contributed by atoms with van der Waals surface area (Å²) in [6, 6.07) is 15.3. The minimum atomic E-state index is -0.0111. The Bertz CT molecular complexity index is 916. The fourth-order valence-corrected chi connectivity index (χ4v) is 2.94. The third kappa shape index (κ3) is 3.22. The van der Waals surface area contributed by atoms with Gasteiger partial charge in [0.2, 0.25) is 0 Å². The summed E-state index contributed by atoms with van der Waals surface area (Å²) < 4.78 is 1.80. The van der Waals surface area contributed by atoms with Crippen LogP contribution in [0.2, 0.25) is 5.02 Å². The van der Waals surface area contributed by atoms with E-state index in [0.29, 0.717) is 28.4 Å². The largest absolute Gasteiger partial charge is 0.291 e. The van der Waals surface area contributed by atoms with Crippen LogP contribution in [0.25, 0.3) is 10.9 Å². The molecule has 0 bridgehead atoms. The third-order valence-electron chi connectivity index (χ3n) is 4.54. The minimum Gasteiger partial charge on any atom is -0.291 e. The molecule has 0 saturated carbocycles. The molecule has 0 aliphatic heterocycles. The number of aromatic nitrogens is 2. The fourth-order valence-electron chi connectivity index (χ4n) is 2.78. The van der Waals surface area contributed by atoms with Gasteiger partial charge in [-0.1, -0.05) is 62.7 Å². The molecule has 3 nitrogen and oxygen atoms in total. The predicted molar refractivity (Wildman–Crippen MR) is 99.8 cm³/mol. The standard InChI is InChI=1S/C20H21ClN2O/c1-13(2)14(3)19-22-18-11-16(21)9-10-17(18)20(24)23(19)12-15-7-5-4-6-8-15/h4-11,13-14H,12H2,1-3H3/t14-/m1/s1. The van der Waals surface area contributed by atoms with Crippen LogP contribution in [0.3, 0.4) is 0 Å². The number of fused-ring (bicyclic) bond motifs is 1. The first-order valence-electron chi connectivity index (χ1n) is 8.21. The molecule has 0 radical (unpaired) electrons. The van der Waals surface area contributed by atoms with E-state index < -0.39 is 0 Å². The van der Waals surface area contributed by atoms with Gasteiger partial charge in [0, 0.05) is 10.9 Å². The molecular formula is C20H21ClN2O. The summed E-state index contributed by atoms with van der Waals surface area (Å²) in [7, 11) is 0. The SMILES string of the molecule is CC(C)[C@@H](C)c1nc2cc(Cl)ccc2c(=O)n1Cc1ccccc1. The number of halogens is 1. The molecule has 0 unspecified atom stereocenters. The van der Waals surface area contributed by atoms with Crippen molar-refractivity contribution in [2.24, 2.45) is 5.92 Å². The van der Waals surface area contributed by atoms with Crippen LogP contribution in [0.1, 0.15) is 38.1 Å². The van der Waals surface area contributed by atoms with Crippen LogP contribution in [-0.2, 0) is 6.54 Å². The van der Waals surface area contributed by atoms with Gasteiger partial charge in [0.15, 0.2) is 0 Å². The summed E-state index contributed by atoms with van der Waals surface area (Å²) in [5.74, 6) is 1.37. The molecule has 3 rings (SSSR count). The lowest BCUT2D eigenvalue weighted by molar-refractivity contribution is 0.481. The summed E-state index contributed by atoms with van der Waals surface area (Å²) >= 11 is 6.09. The number of hydrogen-bond acceptors (Lipinski definition) is 2. The van der Waals surface area contributed by atoms with Gasteiger partial charge >= 0.3 is 0 Å². The van der Waals surface area contributed by atoms with Crippen molar-refractivity contribution in [3.8, 4) is 0 Å². The fraction of sp³-hybridized carbons (Fsp3) is 0.300. The Morgan fingerprint density at radius 1 is 1.08 bits per heavy atom. The highest BCUT2D eigenvalue weighted by molar-refractivity contribution is 6.31. The molecule has 24 heavy (non-hydrogen) atoms. The molecule has 0 N–H and O–H groups in total. The molecule has 1 heterocycles. The van der Waals surface area contributed by atoms with E-state index in [1.807, 2.05) is 30.3 Å². The van der Waals surface area contributed by atoms with E-state index in [1.54, 1.807) is 22.8 Å². The highest BCUT2D eigenvalue weighted by Gasteiger charge is 2.19. The van der Waals surface area contributed by atoms with Crippen LogP contribution >= 0.6 is 11.6 Å². The molecule has 0 aliphatic rings. The Labute approximate surface area is 146 Å². The topological polar surface area (TPSA) is 34.9 Å². The monoisotopic (exact) mass is 340 g/mol. The first kappa shape index (κ1) is 16.7. The second kappa shape index (κ2) is 6.78. The smallest absolute Gasteiger partial charge is 0.261 e. The van der Waals surface area contributed by atoms with Gasteiger partial charge in [-0.25, -0.2) is 4.98 Å². The molecule has 0 fully saturated rings. The zero-order valence-corrected chi connectivity index (χ0v) is 14.9. The Morgan fingerprint density at radius 2 is 1.79 bits per heavy atom. The molecule has 124 valence electrons. The van der Waals surface area contributed by atoms with Gasteiger partial charge in [-0.3, -0.25) is 9.36 Å². The van der Waals surface area contributed by atoms with Gasteiger partial charge in [-0.2, -0.15) is 0 Å². The average molecular weight is 341 g/mol. The van der Waals surface area contributed by atoms with Gasteiger partial charge in [0.1, 0.15) is 5.82 Å². The Hall–Kier alpha value is -2.13. The minimum absolute atomic E-state index is 0.0111. The lowest BCUT2D eigenvalue weighted by atomic mass is 9.96. The maximum Gasteiger partial charge on any atom is 0.261 e. The summed E-state index contributed by atoms with van der Waals surface area (Å²) in [6.45, 7) is 6.93. The normalized spacial score (nSPS) is 12.7. The van der Waals surface area contributed by atoms with Gasteiger partial charge in [0.25, 0.3) is 5.56 Å². The number of rotatable bonds is 4. The van der Waals surface area contributed by atoms with E-state index in [1.165, 1.54) is 0 Å². The molecule has 0 spiro atoms. The van der Waals surface area contributed by atoms with Crippen molar-refractivity contribution in [3.05, 3.63) is 75.3 Å². The van der Waals surface area contributed by atoms with Crippen molar-refractivity contribution >= 4 is 22.5 Å². The van der Waals surface area contributed by atoms with Crippen molar-refractivity contribution in [3.63, 3.8) is 0 Å². The summed E-state index contributed by atoms with van der Waals surface area (Å²) in [4.78, 5) is 17.9. The average Bonchev–Trinajstić information content (AvgIpc) is 2.57. The Morgan fingerprint density at radius 3 is 2.46 bits per heavy atom. The number of benzene rings is 2. The van der Waals surface area contributed by atoms with E-state index >= 15 is 0 Å². The Balaban J connectivity index is 2.24. The lowest BCUT2D eigenvalue weighted by Gasteiger charge is -2.21.